The van der Waals surface area contributed by atoms with Gasteiger partial charge in [-0.15, -0.1) is 0 Å². The van der Waals surface area contributed by atoms with E-state index in [1.165, 1.54) is 0 Å². The fourth-order valence-electron chi connectivity index (χ4n) is 3.95. The summed E-state index contributed by atoms with van der Waals surface area (Å²) in [6, 6.07) is 7.85. The first-order valence-electron chi connectivity index (χ1n) is 9.13. The molecular weight excluding hydrogens is 330 g/mol. The smallest absolute Gasteiger partial charge is 0.303 e. The number of hydrogen-bond acceptors (Lipinski definition) is 3. The van der Waals surface area contributed by atoms with Gasteiger partial charge in [-0.3, -0.25) is 9.59 Å². The van der Waals surface area contributed by atoms with Crippen molar-refractivity contribution in [2.75, 3.05) is 0 Å². The number of nitrogens with zero attached hydrogens (tertiary/aromatic N) is 2. The second-order valence-electron chi connectivity index (χ2n) is 7.18. The molecule has 0 bridgehead atoms. The first-order chi connectivity index (χ1) is 12.6. The zero-order valence-electron chi connectivity index (χ0n) is 14.9. The second-order valence-corrected chi connectivity index (χ2v) is 7.18. The summed E-state index contributed by atoms with van der Waals surface area (Å²) in [6.07, 6.45) is 10.4. The molecule has 1 heterocycles. The number of benzene rings is 1. The van der Waals surface area contributed by atoms with E-state index in [4.69, 9.17) is 0 Å². The van der Waals surface area contributed by atoms with E-state index in [1.54, 1.807) is 12.5 Å². The third-order valence-electron chi connectivity index (χ3n) is 5.23. The Morgan fingerprint density at radius 3 is 2.62 bits per heavy atom. The predicted molar refractivity (Wildman–Crippen MR) is 97.8 cm³/mol. The van der Waals surface area contributed by atoms with Gasteiger partial charge < -0.3 is 15.0 Å². The molecule has 2 N–H and O–H groups in total. The lowest BCUT2D eigenvalue weighted by Gasteiger charge is -2.35. The van der Waals surface area contributed by atoms with Gasteiger partial charge in [0.25, 0.3) is 0 Å². The number of carboxylic acid groups (broad SMARTS) is 1. The van der Waals surface area contributed by atoms with Crippen molar-refractivity contribution in [3.8, 4) is 5.69 Å². The molecule has 1 aliphatic carbocycles. The number of rotatable bonds is 7. The maximum atomic E-state index is 12.5. The number of aliphatic carboxylic acids is 1. The number of aromatic nitrogens is 2. The van der Waals surface area contributed by atoms with Crippen LogP contribution in [0, 0.1) is 5.41 Å². The Labute approximate surface area is 153 Å². The minimum atomic E-state index is -0.815. The zero-order valence-corrected chi connectivity index (χ0v) is 14.9. The van der Waals surface area contributed by atoms with Crippen molar-refractivity contribution in [1.29, 1.82) is 0 Å². The zero-order chi connectivity index (χ0) is 18.4. The molecular formula is C20H25N3O3. The molecule has 2 aromatic rings. The number of amides is 1. The van der Waals surface area contributed by atoms with Crippen LogP contribution in [0.15, 0.2) is 43.0 Å². The quantitative estimate of drug-likeness (QED) is 0.798. The van der Waals surface area contributed by atoms with Gasteiger partial charge in [-0.05, 0) is 29.9 Å². The van der Waals surface area contributed by atoms with Crippen molar-refractivity contribution in [3.05, 3.63) is 48.5 Å². The van der Waals surface area contributed by atoms with Gasteiger partial charge in [0.1, 0.15) is 0 Å². The van der Waals surface area contributed by atoms with E-state index in [9.17, 15) is 14.7 Å². The highest BCUT2D eigenvalue weighted by atomic mass is 16.4. The fraction of sp³-hybridized carbons (Fsp3) is 0.450. The molecule has 1 aromatic carbocycles. The van der Waals surface area contributed by atoms with E-state index < -0.39 is 11.4 Å². The molecule has 1 amide bonds. The van der Waals surface area contributed by atoms with Gasteiger partial charge in [0, 0.05) is 25.4 Å². The van der Waals surface area contributed by atoms with Crippen LogP contribution in [-0.2, 0) is 16.1 Å². The highest BCUT2D eigenvalue weighted by molar-refractivity contribution is 5.78. The number of carbonyl (C=O) groups excluding carboxylic acids is 1. The van der Waals surface area contributed by atoms with Gasteiger partial charge in [-0.25, -0.2) is 4.98 Å². The third kappa shape index (κ3) is 4.50. The monoisotopic (exact) mass is 355 g/mol. The van der Waals surface area contributed by atoms with Crippen LogP contribution in [0.4, 0.5) is 0 Å². The number of hydrogen-bond donors (Lipinski definition) is 2. The predicted octanol–water partition coefficient (Wildman–Crippen LogP) is 3.30. The van der Waals surface area contributed by atoms with Crippen molar-refractivity contribution in [3.63, 3.8) is 0 Å². The van der Waals surface area contributed by atoms with E-state index in [0.717, 1.165) is 43.4 Å². The summed E-state index contributed by atoms with van der Waals surface area (Å²) >= 11 is 0. The summed E-state index contributed by atoms with van der Waals surface area (Å²) in [5.41, 5.74) is 1.58. The second kappa shape index (κ2) is 8.17. The lowest BCUT2D eigenvalue weighted by molar-refractivity contribution is -0.141. The van der Waals surface area contributed by atoms with Crippen molar-refractivity contribution in [1.82, 2.24) is 14.9 Å². The molecule has 0 unspecified atom stereocenters. The molecule has 0 atom stereocenters. The van der Waals surface area contributed by atoms with Crippen LogP contribution in [0.2, 0.25) is 0 Å². The van der Waals surface area contributed by atoms with Crippen LogP contribution >= 0.6 is 0 Å². The third-order valence-corrected chi connectivity index (χ3v) is 5.23. The van der Waals surface area contributed by atoms with Gasteiger partial charge in [-0.2, -0.15) is 0 Å². The Morgan fingerprint density at radius 2 is 1.92 bits per heavy atom. The summed E-state index contributed by atoms with van der Waals surface area (Å²) < 4.78 is 1.91. The Kier molecular flexibility index (Phi) is 5.71. The first kappa shape index (κ1) is 18.2. The molecule has 138 valence electrons. The van der Waals surface area contributed by atoms with Crippen molar-refractivity contribution in [2.45, 2.75) is 51.5 Å². The SMILES string of the molecule is O=C(O)CC1(CC(=O)NCc2ccccc2-n2ccnc2)CCCCC1. The average Bonchev–Trinajstić information content (AvgIpc) is 3.14. The summed E-state index contributed by atoms with van der Waals surface area (Å²) in [4.78, 5) is 27.9. The Hall–Kier alpha value is -2.63. The Balaban J connectivity index is 1.65. The molecule has 0 spiro atoms. The van der Waals surface area contributed by atoms with Crippen molar-refractivity contribution >= 4 is 11.9 Å². The largest absolute Gasteiger partial charge is 0.481 e. The van der Waals surface area contributed by atoms with E-state index >= 15 is 0 Å². The summed E-state index contributed by atoms with van der Waals surface area (Å²) in [5, 5.41) is 12.2. The lowest BCUT2D eigenvalue weighted by atomic mass is 9.69. The number of carboxylic acids is 1. The van der Waals surface area contributed by atoms with Gasteiger partial charge in [0.05, 0.1) is 18.4 Å². The van der Waals surface area contributed by atoms with E-state index in [0.29, 0.717) is 6.54 Å². The average molecular weight is 355 g/mol. The minimum absolute atomic E-state index is 0.0754. The summed E-state index contributed by atoms with van der Waals surface area (Å²) in [5.74, 6) is -0.890. The first-order valence-corrected chi connectivity index (χ1v) is 9.13. The molecule has 26 heavy (non-hydrogen) atoms. The van der Waals surface area contributed by atoms with Gasteiger partial charge >= 0.3 is 5.97 Å². The van der Waals surface area contributed by atoms with Crippen LogP contribution < -0.4 is 5.32 Å². The summed E-state index contributed by atoms with van der Waals surface area (Å²) in [6.45, 7) is 0.413. The van der Waals surface area contributed by atoms with E-state index in [1.807, 2.05) is 35.0 Å². The normalized spacial score (nSPS) is 16.2. The lowest BCUT2D eigenvalue weighted by Crippen LogP contribution is -2.35. The molecule has 1 aliphatic rings. The van der Waals surface area contributed by atoms with E-state index in [2.05, 4.69) is 10.3 Å². The Bertz CT molecular complexity index is 749. The van der Waals surface area contributed by atoms with Crippen molar-refractivity contribution < 1.29 is 14.7 Å². The molecule has 0 saturated heterocycles. The molecule has 1 saturated carbocycles. The summed E-state index contributed by atoms with van der Waals surface area (Å²) in [7, 11) is 0. The maximum absolute atomic E-state index is 12.5. The molecule has 0 radical (unpaired) electrons. The van der Waals surface area contributed by atoms with Crippen LogP contribution in [0.5, 0.6) is 0 Å². The standard InChI is InChI=1S/C20H25N3O3/c24-18(12-20(13-19(25)26)8-4-1-5-9-20)22-14-16-6-2-3-7-17(16)23-11-10-21-15-23/h2-3,6-7,10-11,15H,1,4-5,8-9,12-14H2,(H,22,24)(H,25,26). The van der Waals surface area contributed by atoms with Crippen LogP contribution in [0.1, 0.15) is 50.5 Å². The van der Waals surface area contributed by atoms with Gasteiger partial charge in [-0.1, -0.05) is 37.5 Å². The van der Waals surface area contributed by atoms with E-state index in [-0.39, 0.29) is 18.7 Å². The molecule has 0 aliphatic heterocycles. The fourth-order valence-corrected chi connectivity index (χ4v) is 3.95. The van der Waals surface area contributed by atoms with Crippen LogP contribution in [-0.4, -0.2) is 26.5 Å². The van der Waals surface area contributed by atoms with Gasteiger partial charge in [0.2, 0.25) is 5.91 Å². The molecule has 1 fully saturated rings. The highest BCUT2D eigenvalue weighted by Crippen LogP contribution is 2.42. The molecule has 6 nitrogen and oxygen atoms in total. The highest BCUT2D eigenvalue weighted by Gasteiger charge is 2.36. The number of imidazole rings is 1. The Morgan fingerprint density at radius 1 is 1.15 bits per heavy atom. The minimum Gasteiger partial charge on any atom is -0.481 e. The number of para-hydroxylation sites is 1. The maximum Gasteiger partial charge on any atom is 0.303 e. The molecule has 1 aromatic heterocycles. The molecule has 3 rings (SSSR count). The van der Waals surface area contributed by atoms with Gasteiger partial charge in [0.15, 0.2) is 0 Å². The topological polar surface area (TPSA) is 84.2 Å². The van der Waals surface area contributed by atoms with Crippen molar-refractivity contribution in [2.24, 2.45) is 5.41 Å². The van der Waals surface area contributed by atoms with Crippen LogP contribution in [0.25, 0.3) is 5.69 Å². The number of nitrogens with one attached hydrogen (secondary N) is 1. The van der Waals surface area contributed by atoms with Crippen LogP contribution in [0.3, 0.4) is 0 Å². The molecule has 6 heteroatoms. The number of carbonyl (C=O) groups is 2.